The van der Waals surface area contributed by atoms with Gasteiger partial charge in [-0.15, -0.1) is 0 Å². The van der Waals surface area contributed by atoms with Crippen LogP contribution in [0, 0.1) is 22.7 Å². The molecule has 2 atom stereocenters. The molecule has 1 saturated carbocycles. The highest BCUT2D eigenvalue weighted by molar-refractivity contribution is 5.06. The molecule has 0 bridgehead atoms. The molecule has 2 N–H and O–H groups in total. The summed E-state index contributed by atoms with van der Waals surface area (Å²) in [5.41, 5.74) is 6.07. The van der Waals surface area contributed by atoms with Crippen LogP contribution in [-0.2, 0) is 0 Å². The van der Waals surface area contributed by atoms with E-state index in [0.29, 0.717) is 18.0 Å². The lowest BCUT2D eigenvalue weighted by Crippen LogP contribution is -2.53. The topological polar surface area (TPSA) is 53.0 Å². The van der Waals surface area contributed by atoms with Crippen molar-refractivity contribution in [2.45, 2.75) is 38.6 Å². The largest absolute Gasteiger partial charge is 0.329 e. The molecule has 0 radical (unpaired) electrons. The molecule has 84 valence electrons. The highest BCUT2D eigenvalue weighted by Crippen LogP contribution is 2.52. The van der Waals surface area contributed by atoms with Gasteiger partial charge in [-0.25, -0.2) is 0 Å². The Balaban J connectivity index is 2.01. The van der Waals surface area contributed by atoms with Crippen LogP contribution in [0.15, 0.2) is 0 Å². The minimum absolute atomic E-state index is 0.244. The number of rotatable bonds is 2. The van der Waals surface area contributed by atoms with Crippen LogP contribution in [0.4, 0.5) is 0 Å². The Bertz CT molecular complexity index is 265. The summed E-state index contributed by atoms with van der Waals surface area (Å²) < 4.78 is 0. The maximum Gasteiger partial charge on any atom is 0.0675 e. The van der Waals surface area contributed by atoms with Gasteiger partial charge in [0.1, 0.15) is 0 Å². The van der Waals surface area contributed by atoms with Gasteiger partial charge in [0.25, 0.3) is 0 Å². The maximum absolute atomic E-state index is 9.26. The number of hydrogen-bond acceptors (Lipinski definition) is 3. The molecule has 3 nitrogen and oxygen atoms in total. The molecular formula is C12H21N3. The van der Waals surface area contributed by atoms with Crippen molar-refractivity contribution in [3.05, 3.63) is 0 Å². The van der Waals surface area contributed by atoms with Crippen molar-refractivity contribution in [3.63, 3.8) is 0 Å². The average molecular weight is 207 g/mol. The Labute approximate surface area is 92.2 Å². The predicted octanol–water partition coefficient (Wildman–Crippen LogP) is 1.35. The van der Waals surface area contributed by atoms with Crippen molar-refractivity contribution in [1.82, 2.24) is 4.90 Å². The summed E-state index contributed by atoms with van der Waals surface area (Å²) in [5.74, 6) is 0.244. The summed E-state index contributed by atoms with van der Waals surface area (Å²) in [7, 11) is 0. The molecule has 0 aromatic rings. The van der Waals surface area contributed by atoms with Crippen LogP contribution in [0.3, 0.4) is 0 Å². The third-order valence-corrected chi connectivity index (χ3v) is 4.52. The quantitative estimate of drug-likeness (QED) is 0.743. The van der Waals surface area contributed by atoms with E-state index in [9.17, 15) is 5.26 Å². The SMILES string of the molecule is CC(CN)N1CCC2(CCC2)C(C#N)C1. The molecule has 2 unspecified atom stereocenters. The van der Waals surface area contributed by atoms with E-state index in [0.717, 1.165) is 13.1 Å². The molecule has 0 aromatic carbocycles. The zero-order chi connectivity index (χ0) is 10.9. The molecule has 1 saturated heterocycles. The van der Waals surface area contributed by atoms with Crippen molar-refractivity contribution < 1.29 is 0 Å². The van der Waals surface area contributed by atoms with E-state index in [-0.39, 0.29) is 5.92 Å². The van der Waals surface area contributed by atoms with Crippen LogP contribution in [0.5, 0.6) is 0 Å². The van der Waals surface area contributed by atoms with Gasteiger partial charge in [0, 0.05) is 19.1 Å². The van der Waals surface area contributed by atoms with Gasteiger partial charge in [-0.1, -0.05) is 6.42 Å². The fourth-order valence-corrected chi connectivity index (χ4v) is 3.02. The molecule has 0 amide bonds. The lowest BCUT2D eigenvalue weighted by Gasteiger charge is -2.52. The lowest BCUT2D eigenvalue weighted by atomic mass is 9.58. The summed E-state index contributed by atoms with van der Waals surface area (Å²) in [6.45, 7) is 4.93. The zero-order valence-corrected chi connectivity index (χ0v) is 9.58. The lowest BCUT2D eigenvalue weighted by molar-refractivity contribution is -0.0152. The second-order valence-electron chi connectivity index (χ2n) is 5.23. The zero-order valence-electron chi connectivity index (χ0n) is 9.58. The Morgan fingerprint density at radius 1 is 1.53 bits per heavy atom. The maximum atomic E-state index is 9.26. The van der Waals surface area contributed by atoms with Crippen molar-refractivity contribution >= 4 is 0 Å². The van der Waals surface area contributed by atoms with E-state index >= 15 is 0 Å². The second kappa shape index (κ2) is 4.11. The van der Waals surface area contributed by atoms with Crippen LogP contribution >= 0.6 is 0 Å². The van der Waals surface area contributed by atoms with Crippen LogP contribution in [0.1, 0.15) is 32.6 Å². The van der Waals surface area contributed by atoms with Gasteiger partial charge in [0.2, 0.25) is 0 Å². The van der Waals surface area contributed by atoms with Gasteiger partial charge in [0.15, 0.2) is 0 Å². The molecule has 1 spiro atoms. The molecule has 0 aromatic heterocycles. The van der Waals surface area contributed by atoms with Crippen LogP contribution in [0.2, 0.25) is 0 Å². The minimum atomic E-state index is 0.244. The van der Waals surface area contributed by atoms with Gasteiger partial charge in [0.05, 0.1) is 12.0 Å². The van der Waals surface area contributed by atoms with E-state index in [1.807, 2.05) is 0 Å². The van der Waals surface area contributed by atoms with E-state index in [2.05, 4.69) is 17.9 Å². The summed E-state index contributed by atoms with van der Waals surface area (Å²) in [6.07, 6.45) is 5.08. The number of hydrogen-bond donors (Lipinski definition) is 1. The van der Waals surface area contributed by atoms with Gasteiger partial charge in [-0.05, 0) is 38.1 Å². The number of likely N-dealkylation sites (tertiary alicyclic amines) is 1. The predicted molar refractivity (Wildman–Crippen MR) is 60.1 cm³/mol. The van der Waals surface area contributed by atoms with Crippen molar-refractivity contribution in [3.8, 4) is 6.07 Å². The van der Waals surface area contributed by atoms with Crippen LogP contribution in [0.25, 0.3) is 0 Å². The van der Waals surface area contributed by atoms with E-state index in [1.54, 1.807) is 0 Å². The Kier molecular flexibility index (Phi) is 2.99. The first kappa shape index (κ1) is 10.9. The molecule has 3 heteroatoms. The Morgan fingerprint density at radius 2 is 2.27 bits per heavy atom. The van der Waals surface area contributed by atoms with E-state index in [1.165, 1.54) is 25.7 Å². The molecule has 2 aliphatic rings. The number of nitrogens with zero attached hydrogens (tertiary/aromatic N) is 2. The normalized spacial score (nSPS) is 31.9. The first-order chi connectivity index (χ1) is 7.22. The summed E-state index contributed by atoms with van der Waals surface area (Å²) in [5, 5.41) is 9.26. The summed E-state index contributed by atoms with van der Waals surface area (Å²) >= 11 is 0. The van der Waals surface area contributed by atoms with Crippen molar-refractivity contribution in [2.75, 3.05) is 19.6 Å². The standard InChI is InChI=1S/C12H21N3/c1-10(7-13)15-6-5-12(3-2-4-12)11(8-14)9-15/h10-11H,2-7,9,13H2,1H3. The summed E-state index contributed by atoms with van der Waals surface area (Å²) in [6, 6.07) is 2.95. The highest BCUT2D eigenvalue weighted by atomic mass is 15.2. The van der Waals surface area contributed by atoms with Gasteiger partial charge in [-0.2, -0.15) is 5.26 Å². The highest BCUT2D eigenvalue weighted by Gasteiger charge is 2.47. The molecule has 2 fully saturated rings. The molecule has 1 aliphatic carbocycles. The monoisotopic (exact) mass is 207 g/mol. The molecular weight excluding hydrogens is 186 g/mol. The Hall–Kier alpha value is -0.590. The van der Waals surface area contributed by atoms with E-state index < -0.39 is 0 Å². The Morgan fingerprint density at radius 3 is 2.73 bits per heavy atom. The first-order valence-corrected chi connectivity index (χ1v) is 6.05. The minimum Gasteiger partial charge on any atom is -0.329 e. The molecule has 1 aliphatic heterocycles. The number of nitrogens with two attached hydrogens (primary N) is 1. The fraction of sp³-hybridized carbons (Fsp3) is 0.917. The van der Waals surface area contributed by atoms with Gasteiger partial charge >= 0.3 is 0 Å². The van der Waals surface area contributed by atoms with Crippen molar-refractivity contribution in [1.29, 1.82) is 5.26 Å². The third-order valence-electron chi connectivity index (χ3n) is 4.52. The molecule has 15 heavy (non-hydrogen) atoms. The van der Waals surface area contributed by atoms with E-state index in [4.69, 9.17) is 5.73 Å². The van der Waals surface area contributed by atoms with Crippen molar-refractivity contribution in [2.24, 2.45) is 17.1 Å². The average Bonchev–Trinajstić information content (AvgIpc) is 2.24. The van der Waals surface area contributed by atoms with Crippen LogP contribution < -0.4 is 5.73 Å². The third kappa shape index (κ3) is 1.77. The first-order valence-electron chi connectivity index (χ1n) is 6.05. The fourth-order valence-electron chi connectivity index (χ4n) is 3.02. The second-order valence-corrected chi connectivity index (χ2v) is 5.23. The number of piperidine rings is 1. The molecule has 1 heterocycles. The smallest absolute Gasteiger partial charge is 0.0675 e. The number of nitriles is 1. The van der Waals surface area contributed by atoms with Gasteiger partial charge < -0.3 is 5.73 Å². The van der Waals surface area contributed by atoms with Crippen LogP contribution in [-0.4, -0.2) is 30.6 Å². The summed E-state index contributed by atoms with van der Waals surface area (Å²) in [4.78, 5) is 2.39. The molecule has 2 rings (SSSR count). The van der Waals surface area contributed by atoms with Gasteiger partial charge in [-0.3, -0.25) is 4.90 Å².